The lowest BCUT2D eigenvalue weighted by Crippen LogP contribution is -2.56. The van der Waals surface area contributed by atoms with Crippen LogP contribution in [-0.2, 0) is 14.3 Å². The molecule has 7 nitrogen and oxygen atoms in total. The molecule has 0 radical (unpaired) electrons. The van der Waals surface area contributed by atoms with Gasteiger partial charge in [0, 0.05) is 6.04 Å². The number of hydrogen-bond acceptors (Lipinski definition) is 4. The van der Waals surface area contributed by atoms with Crippen molar-refractivity contribution in [3.63, 3.8) is 0 Å². The first-order valence-electron chi connectivity index (χ1n) is 12.7. The average Bonchev–Trinajstić information content (AvgIpc) is 2.74. The van der Waals surface area contributed by atoms with Gasteiger partial charge in [-0.15, -0.1) is 0 Å². The molecular formula is C29H38ClN3O4. The number of carbonyl (C=O) groups excluding carboxylic acids is 3. The molecule has 3 amide bonds. The second-order valence-corrected chi connectivity index (χ2v) is 11.2. The molecule has 1 fully saturated rings. The molecule has 2 N–H and O–H groups in total. The second kappa shape index (κ2) is 11.5. The fraction of sp³-hybridized carbons (Fsp3) is 0.483. The lowest BCUT2D eigenvalue weighted by molar-refractivity contribution is -0.145. The molecule has 1 aliphatic carbocycles. The van der Waals surface area contributed by atoms with Gasteiger partial charge in [0.25, 0.3) is 5.91 Å². The maximum Gasteiger partial charge on any atom is 0.408 e. The highest BCUT2D eigenvalue weighted by atomic mass is 35.5. The van der Waals surface area contributed by atoms with Crippen molar-refractivity contribution in [1.29, 1.82) is 0 Å². The summed E-state index contributed by atoms with van der Waals surface area (Å²) >= 11 is 6.43. The van der Waals surface area contributed by atoms with E-state index in [0.717, 1.165) is 41.5 Å². The number of ether oxygens (including phenoxy) is 1. The van der Waals surface area contributed by atoms with Crippen molar-refractivity contribution in [3.8, 4) is 0 Å². The van der Waals surface area contributed by atoms with Gasteiger partial charge in [0.1, 0.15) is 17.7 Å². The van der Waals surface area contributed by atoms with E-state index in [1.54, 1.807) is 38.7 Å². The zero-order valence-electron chi connectivity index (χ0n) is 22.8. The second-order valence-electron chi connectivity index (χ2n) is 10.8. The molecular weight excluding hydrogens is 490 g/mol. The summed E-state index contributed by atoms with van der Waals surface area (Å²) in [7, 11) is 0. The summed E-state index contributed by atoms with van der Waals surface area (Å²) in [6, 6.07) is 9.31. The third kappa shape index (κ3) is 6.83. The number of alkyl carbamates (subject to hydrolysis) is 1. The Balaban J connectivity index is 2.04. The Morgan fingerprint density at radius 1 is 1.00 bits per heavy atom. The first-order valence-corrected chi connectivity index (χ1v) is 13.1. The Hall–Kier alpha value is -3.06. The maximum absolute atomic E-state index is 14.1. The fourth-order valence-corrected chi connectivity index (χ4v) is 4.86. The molecule has 0 heterocycles. The maximum atomic E-state index is 14.1. The van der Waals surface area contributed by atoms with Crippen molar-refractivity contribution < 1.29 is 19.1 Å². The van der Waals surface area contributed by atoms with Crippen LogP contribution in [0.2, 0.25) is 5.02 Å². The first kappa shape index (κ1) is 28.5. The van der Waals surface area contributed by atoms with Crippen LogP contribution in [0.3, 0.4) is 0 Å². The van der Waals surface area contributed by atoms with Crippen LogP contribution in [0.25, 0.3) is 0 Å². The quantitative estimate of drug-likeness (QED) is 0.446. The number of carbonyl (C=O) groups is 3. The topological polar surface area (TPSA) is 87.7 Å². The Bertz CT molecular complexity index is 1130. The molecule has 0 spiro atoms. The summed E-state index contributed by atoms with van der Waals surface area (Å²) in [6.45, 7) is 12.7. The predicted octanol–water partition coefficient (Wildman–Crippen LogP) is 6.24. The van der Waals surface area contributed by atoms with E-state index in [1.165, 1.54) is 0 Å². The number of rotatable bonds is 7. The first-order chi connectivity index (χ1) is 17.3. The Kier molecular flexibility index (Phi) is 8.90. The van der Waals surface area contributed by atoms with Gasteiger partial charge in [-0.3, -0.25) is 9.59 Å². The van der Waals surface area contributed by atoms with Gasteiger partial charge in [-0.25, -0.2) is 4.79 Å². The monoisotopic (exact) mass is 527 g/mol. The van der Waals surface area contributed by atoms with Gasteiger partial charge in [-0.05, 0) is 96.0 Å². The molecule has 1 saturated carbocycles. The molecule has 200 valence electrons. The van der Waals surface area contributed by atoms with Crippen LogP contribution in [0.1, 0.15) is 75.3 Å². The molecule has 0 bridgehead atoms. The smallest absolute Gasteiger partial charge is 0.408 e. The van der Waals surface area contributed by atoms with E-state index in [9.17, 15) is 14.4 Å². The van der Waals surface area contributed by atoms with Crippen molar-refractivity contribution >= 4 is 35.2 Å². The number of benzene rings is 2. The summed E-state index contributed by atoms with van der Waals surface area (Å²) in [4.78, 5) is 42.1. The van der Waals surface area contributed by atoms with Crippen molar-refractivity contribution in [2.45, 2.75) is 91.5 Å². The van der Waals surface area contributed by atoms with Crippen LogP contribution in [-0.4, -0.2) is 40.5 Å². The van der Waals surface area contributed by atoms with Gasteiger partial charge in [0.2, 0.25) is 5.91 Å². The van der Waals surface area contributed by atoms with Crippen molar-refractivity contribution in [2.75, 3.05) is 5.32 Å². The highest BCUT2D eigenvalue weighted by Gasteiger charge is 2.42. The van der Waals surface area contributed by atoms with Crippen LogP contribution in [0, 0.1) is 20.8 Å². The highest BCUT2D eigenvalue weighted by Crippen LogP contribution is 2.37. The Morgan fingerprint density at radius 2 is 1.57 bits per heavy atom. The molecule has 3 rings (SSSR count). The van der Waals surface area contributed by atoms with Gasteiger partial charge in [-0.2, -0.15) is 0 Å². The van der Waals surface area contributed by atoms with E-state index in [-0.39, 0.29) is 17.9 Å². The molecule has 0 saturated heterocycles. The number of nitrogens with one attached hydrogen (secondary N) is 2. The lowest BCUT2D eigenvalue weighted by Gasteiger charge is -2.44. The fourth-order valence-electron chi connectivity index (χ4n) is 4.59. The number of hydrogen-bond donors (Lipinski definition) is 2. The summed E-state index contributed by atoms with van der Waals surface area (Å²) in [5.41, 5.74) is 3.22. The van der Waals surface area contributed by atoms with E-state index in [1.807, 2.05) is 51.1 Å². The van der Waals surface area contributed by atoms with Crippen LogP contribution in [0.4, 0.5) is 10.5 Å². The molecule has 1 aliphatic rings. The molecule has 0 aliphatic heterocycles. The summed E-state index contributed by atoms with van der Waals surface area (Å²) in [6.07, 6.45) is 1.85. The van der Waals surface area contributed by atoms with Gasteiger partial charge in [0.15, 0.2) is 0 Å². The minimum atomic E-state index is -0.905. The molecule has 2 unspecified atom stereocenters. The number of aryl methyl sites for hydroxylation is 3. The van der Waals surface area contributed by atoms with E-state index < -0.39 is 23.8 Å². The number of nitrogens with zero attached hydrogens (tertiary/aromatic N) is 1. The minimum Gasteiger partial charge on any atom is -0.444 e. The minimum absolute atomic E-state index is 0.127. The number of amides is 3. The molecule has 2 aromatic carbocycles. The predicted molar refractivity (Wildman–Crippen MR) is 147 cm³/mol. The van der Waals surface area contributed by atoms with E-state index in [4.69, 9.17) is 16.3 Å². The molecule has 8 heteroatoms. The molecule has 2 aromatic rings. The Labute approximate surface area is 224 Å². The number of halogens is 1. The molecule has 37 heavy (non-hydrogen) atoms. The summed E-state index contributed by atoms with van der Waals surface area (Å²) in [5, 5.41) is 6.09. The van der Waals surface area contributed by atoms with Crippen LogP contribution in [0.5, 0.6) is 0 Å². The van der Waals surface area contributed by atoms with E-state index in [2.05, 4.69) is 10.6 Å². The zero-order valence-corrected chi connectivity index (χ0v) is 23.5. The van der Waals surface area contributed by atoms with E-state index >= 15 is 0 Å². The SMILES string of the molecule is Cc1cccc(Cl)c1NC(=O)C(c1c(C)cccc1C)N(C(=O)C(C)NC(=O)OC(C)(C)C)C1CCC1. The van der Waals surface area contributed by atoms with Crippen LogP contribution >= 0.6 is 11.6 Å². The highest BCUT2D eigenvalue weighted by molar-refractivity contribution is 6.34. The normalized spacial score (nSPS) is 15.2. The average molecular weight is 528 g/mol. The summed E-state index contributed by atoms with van der Waals surface area (Å²) in [5.74, 6) is -0.687. The number of para-hydroxylation sites is 1. The largest absolute Gasteiger partial charge is 0.444 e. The molecule has 2 atom stereocenters. The van der Waals surface area contributed by atoms with Gasteiger partial charge >= 0.3 is 6.09 Å². The zero-order chi connectivity index (χ0) is 27.5. The van der Waals surface area contributed by atoms with Crippen molar-refractivity contribution in [3.05, 3.63) is 63.7 Å². The van der Waals surface area contributed by atoms with Crippen LogP contribution in [0.15, 0.2) is 36.4 Å². The third-order valence-corrected chi connectivity index (χ3v) is 6.95. The molecule has 0 aromatic heterocycles. The van der Waals surface area contributed by atoms with Crippen molar-refractivity contribution in [2.24, 2.45) is 0 Å². The van der Waals surface area contributed by atoms with E-state index in [0.29, 0.717) is 10.7 Å². The Morgan fingerprint density at radius 3 is 2.08 bits per heavy atom. The lowest BCUT2D eigenvalue weighted by atomic mass is 9.86. The van der Waals surface area contributed by atoms with Crippen molar-refractivity contribution in [1.82, 2.24) is 10.2 Å². The van der Waals surface area contributed by atoms with Crippen LogP contribution < -0.4 is 10.6 Å². The third-order valence-electron chi connectivity index (χ3n) is 6.64. The summed E-state index contributed by atoms with van der Waals surface area (Å²) < 4.78 is 5.36. The number of anilines is 1. The van der Waals surface area contributed by atoms with Gasteiger partial charge in [-0.1, -0.05) is 41.9 Å². The van der Waals surface area contributed by atoms with Gasteiger partial charge in [0.05, 0.1) is 10.7 Å². The van der Waals surface area contributed by atoms with Gasteiger partial charge < -0.3 is 20.3 Å². The standard InChI is InChI=1S/C29H38ClN3O4/c1-17-11-8-12-18(2)23(17)25(26(34)32-24-19(3)13-9-16-22(24)30)33(21-14-10-15-21)27(35)20(4)31-28(36)37-29(5,6)7/h8-9,11-13,16,20-21,25H,10,14-15H2,1-7H3,(H,31,36)(H,32,34).